The number of nitrogens with zero attached hydrogens (tertiary/aromatic N) is 2. The zero-order valence-electron chi connectivity index (χ0n) is 13.8. The third-order valence-corrected chi connectivity index (χ3v) is 7.36. The minimum absolute atomic E-state index is 0.0341. The number of carbonyl (C=O) groups excluding carboxylic acids is 1. The molecule has 2 saturated heterocycles. The van der Waals surface area contributed by atoms with E-state index in [1.54, 1.807) is 9.21 Å². The van der Waals surface area contributed by atoms with Crippen LogP contribution in [0, 0.1) is 5.92 Å². The number of hydrogen-bond donors (Lipinski definition) is 0. The molecule has 1 amide bonds. The normalized spacial score (nSPS) is 28.2. The van der Waals surface area contributed by atoms with Crippen LogP contribution < -0.4 is 0 Å². The molecule has 132 valence electrons. The summed E-state index contributed by atoms with van der Waals surface area (Å²) >= 11 is 0. The number of amides is 1. The van der Waals surface area contributed by atoms with E-state index in [2.05, 4.69) is 0 Å². The van der Waals surface area contributed by atoms with Gasteiger partial charge in [-0.15, -0.1) is 0 Å². The van der Waals surface area contributed by atoms with Crippen molar-refractivity contribution >= 4 is 15.9 Å². The molecule has 3 fully saturated rings. The summed E-state index contributed by atoms with van der Waals surface area (Å²) in [5, 5.41) is 0. The first-order valence-corrected chi connectivity index (χ1v) is 10.6. The van der Waals surface area contributed by atoms with Gasteiger partial charge in [-0.2, -0.15) is 4.31 Å². The van der Waals surface area contributed by atoms with Gasteiger partial charge in [-0.3, -0.25) is 4.79 Å². The molecule has 7 heteroatoms. The van der Waals surface area contributed by atoms with Crippen LogP contribution in [0.3, 0.4) is 0 Å². The molecule has 6 nitrogen and oxygen atoms in total. The van der Waals surface area contributed by atoms with Crippen LogP contribution in [0.4, 0.5) is 0 Å². The van der Waals surface area contributed by atoms with E-state index >= 15 is 0 Å². The van der Waals surface area contributed by atoms with E-state index in [0.717, 1.165) is 38.5 Å². The lowest BCUT2D eigenvalue weighted by Crippen LogP contribution is -2.53. The summed E-state index contributed by atoms with van der Waals surface area (Å²) in [6.07, 6.45) is 7.05. The van der Waals surface area contributed by atoms with Crippen LogP contribution in [-0.2, 0) is 19.6 Å². The fourth-order valence-corrected chi connectivity index (χ4v) is 5.78. The number of hydrogen-bond acceptors (Lipinski definition) is 4. The van der Waals surface area contributed by atoms with Gasteiger partial charge in [0.1, 0.15) is 6.10 Å². The van der Waals surface area contributed by atoms with E-state index in [1.807, 2.05) is 0 Å². The van der Waals surface area contributed by atoms with Crippen molar-refractivity contribution in [2.24, 2.45) is 5.92 Å². The lowest BCUT2D eigenvalue weighted by atomic mass is 9.91. The molecule has 0 aromatic rings. The Hall–Kier alpha value is -0.660. The second-order valence-electron chi connectivity index (χ2n) is 7.01. The minimum atomic E-state index is -3.19. The van der Waals surface area contributed by atoms with Gasteiger partial charge < -0.3 is 9.64 Å². The maximum absolute atomic E-state index is 12.6. The highest BCUT2D eigenvalue weighted by Crippen LogP contribution is 2.26. The molecule has 0 aromatic carbocycles. The Morgan fingerprint density at radius 1 is 0.957 bits per heavy atom. The molecule has 0 radical (unpaired) electrons. The quantitative estimate of drug-likeness (QED) is 0.769. The smallest absolute Gasteiger partial charge is 0.251 e. The number of carbonyl (C=O) groups is 1. The fraction of sp³-hybridized carbons (Fsp3) is 0.938. The molecule has 0 aromatic heterocycles. The van der Waals surface area contributed by atoms with Gasteiger partial charge in [-0.1, -0.05) is 19.3 Å². The zero-order valence-corrected chi connectivity index (χ0v) is 14.6. The SMILES string of the molecule is O=C([C@@H]1CCCO1)N1CCN(S(=O)(=O)CC2CCCCC2)CC1. The van der Waals surface area contributed by atoms with Crippen LogP contribution >= 0.6 is 0 Å². The summed E-state index contributed by atoms with van der Waals surface area (Å²) in [5.74, 6) is 0.638. The first-order chi connectivity index (χ1) is 11.1. The van der Waals surface area contributed by atoms with Crippen molar-refractivity contribution in [3.05, 3.63) is 0 Å². The van der Waals surface area contributed by atoms with Crippen LogP contribution in [0.15, 0.2) is 0 Å². The Morgan fingerprint density at radius 3 is 2.26 bits per heavy atom. The number of rotatable bonds is 4. The van der Waals surface area contributed by atoms with Gasteiger partial charge >= 0.3 is 0 Å². The van der Waals surface area contributed by atoms with Crippen molar-refractivity contribution in [2.45, 2.75) is 51.0 Å². The highest BCUT2D eigenvalue weighted by Gasteiger charge is 2.34. The van der Waals surface area contributed by atoms with Crippen LogP contribution in [0.1, 0.15) is 44.9 Å². The largest absolute Gasteiger partial charge is 0.368 e. The summed E-state index contributed by atoms with van der Waals surface area (Å²) < 4.78 is 32.2. The predicted octanol–water partition coefficient (Wildman–Crippen LogP) is 1.22. The lowest BCUT2D eigenvalue weighted by Gasteiger charge is -2.36. The number of ether oxygens (including phenoxy) is 1. The van der Waals surface area contributed by atoms with Crippen molar-refractivity contribution < 1.29 is 17.9 Å². The molecule has 2 aliphatic heterocycles. The van der Waals surface area contributed by atoms with E-state index < -0.39 is 10.0 Å². The molecule has 0 N–H and O–H groups in total. The first kappa shape index (κ1) is 17.2. The Balaban J connectivity index is 1.50. The van der Waals surface area contributed by atoms with Crippen molar-refractivity contribution in [2.75, 3.05) is 38.5 Å². The molecular weight excluding hydrogens is 316 g/mol. The van der Waals surface area contributed by atoms with Gasteiger partial charge in [0.25, 0.3) is 5.91 Å². The maximum atomic E-state index is 12.6. The third-order valence-electron chi connectivity index (χ3n) is 5.32. The predicted molar refractivity (Wildman–Crippen MR) is 87.5 cm³/mol. The molecule has 0 unspecified atom stereocenters. The van der Waals surface area contributed by atoms with Crippen LogP contribution in [-0.4, -0.2) is 68.2 Å². The molecule has 1 atom stereocenters. The van der Waals surface area contributed by atoms with Gasteiger partial charge in [0.2, 0.25) is 10.0 Å². The molecule has 1 saturated carbocycles. The monoisotopic (exact) mass is 344 g/mol. The average Bonchev–Trinajstić information content (AvgIpc) is 3.09. The molecule has 3 aliphatic rings. The summed E-state index contributed by atoms with van der Waals surface area (Å²) in [6, 6.07) is 0. The van der Waals surface area contributed by atoms with Crippen LogP contribution in [0.2, 0.25) is 0 Å². The average molecular weight is 344 g/mol. The summed E-state index contributed by atoms with van der Waals surface area (Å²) in [5.41, 5.74) is 0. The van der Waals surface area contributed by atoms with Crippen molar-refractivity contribution in [3.63, 3.8) is 0 Å². The maximum Gasteiger partial charge on any atom is 0.251 e. The molecule has 0 spiro atoms. The zero-order chi connectivity index (χ0) is 16.3. The van der Waals surface area contributed by atoms with E-state index in [0.29, 0.717) is 38.7 Å². The van der Waals surface area contributed by atoms with Crippen LogP contribution in [0.5, 0.6) is 0 Å². The van der Waals surface area contributed by atoms with E-state index in [4.69, 9.17) is 4.74 Å². The van der Waals surface area contributed by atoms with Gasteiger partial charge in [0, 0.05) is 32.8 Å². The van der Waals surface area contributed by atoms with Crippen molar-refractivity contribution in [3.8, 4) is 0 Å². The topological polar surface area (TPSA) is 66.9 Å². The van der Waals surface area contributed by atoms with E-state index in [-0.39, 0.29) is 17.8 Å². The Morgan fingerprint density at radius 2 is 1.65 bits per heavy atom. The first-order valence-electron chi connectivity index (χ1n) is 8.94. The standard InChI is InChI=1S/C16H28N2O4S/c19-16(15-7-4-12-22-15)17-8-10-18(11-9-17)23(20,21)13-14-5-2-1-3-6-14/h14-15H,1-13H2/t15-/m0/s1. The third kappa shape index (κ3) is 4.25. The van der Waals surface area contributed by atoms with Gasteiger partial charge in [0.05, 0.1) is 5.75 Å². The van der Waals surface area contributed by atoms with E-state index in [9.17, 15) is 13.2 Å². The Labute approximate surface area is 139 Å². The number of piperazine rings is 1. The molecule has 2 heterocycles. The minimum Gasteiger partial charge on any atom is -0.368 e. The van der Waals surface area contributed by atoms with Crippen molar-refractivity contribution in [1.82, 2.24) is 9.21 Å². The highest BCUT2D eigenvalue weighted by atomic mass is 32.2. The highest BCUT2D eigenvalue weighted by molar-refractivity contribution is 7.89. The summed E-state index contributed by atoms with van der Waals surface area (Å²) in [4.78, 5) is 14.1. The number of sulfonamides is 1. The van der Waals surface area contributed by atoms with Gasteiger partial charge in [-0.25, -0.2) is 8.42 Å². The summed E-state index contributed by atoms with van der Waals surface area (Å²) in [6.45, 7) is 2.48. The van der Waals surface area contributed by atoms with E-state index in [1.165, 1.54) is 6.42 Å². The molecule has 3 rings (SSSR count). The molecule has 0 bridgehead atoms. The lowest BCUT2D eigenvalue weighted by molar-refractivity contribution is -0.142. The summed E-state index contributed by atoms with van der Waals surface area (Å²) in [7, 11) is -3.19. The van der Waals surface area contributed by atoms with Gasteiger partial charge in [-0.05, 0) is 31.6 Å². The fourth-order valence-electron chi connectivity index (χ4n) is 3.92. The van der Waals surface area contributed by atoms with Crippen LogP contribution in [0.25, 0.3) is 0 Å². The second-order valence-corrected chi connectivity index (χ2v) is 9.02. The molecule has 23 heavy (non-hydrogen) atoms. The molecule has 1 aliphatic carbocycles. The Kier molecular flexibility index (Phi) is 5.59. The Bertz CT molecular complexity index is 502. The van der Waals surface area contributed by atoms with Gasteiger partial charge in [0.15, 0.2) is 0 Å². The molecular formula is C16H28N2O4S. The van der Waals surface area contributed by atoms with Crippen molar-refractivity contribution in [1.29, 1.82) is 0 Å². The second kappa shape index (κ2) is 7.49.